The van der Waals surface area contributed by atoms with Crippen LogP contribution in [0.3, 0.4) is 0 Å². The number of rotatable bonds is 7. The Balaban J connectivity index is 1.69. The number of amides is 1. The third-order valence-corrected chi connectivity index (χ3v) is 5.08. The van der Waals surface area contributed by atoms with Crippen LogP contribution in [0.15, 0.2) is 35.1 Å². The van der Waals surface area contributed by atoms with Crippen LogP contribution in [0.25, 0.3) is 0 Å². The molecule has 1 aliphatic heterocycles. The lowest BCUT2D eigenvalue weighted by molar-refractivity contribution is -0.133. The summed E-state index contributed by atoms with van der Waals surface area (Å²) in [6, 6.07) is 10.3. The minimum atomic E-state index is -0.188. The van der Waals surface area contributed by atoms with Crippen molar-refractivity contribution < 1.29 is 4.79 Å². The first-order valence-corrected chi connectivity index (χ1v) is 9.86. The summed E-state index contributed by atoms with van der Waals surface area (Å²) in [5.41, 5.74) is 0.982. The van der Waals surface area contributed by atoms with Gasteiger partial charge in [0.05, 0.1) is 0 Å². The largest absolute Gasteiger partial charge is 0.346 e. The molecule has 7 nitrogen and oxygen atoms in total. The van der Waals surface area contributed by atoms with Gasteiger partial charge in [-0.1, -0.05) is 43.7 Å². The van der Waals surface area contributed by atoms with Crippen LogP contribution in [-0.4, -0.2) is 44.8 Å². The van der Waals surface area contributed by atoms with Crippen molar-refractivity contribution >= 4 is 5.91 Å². The molecule has 7 heteroatoms. The average Bonchev–Trinajstić information content (AvgIpc) is 3.01. The van der Waals surface area contributed by atoms with E-state index in [1.807, 2.05) is 30.0 Å². The molecule has 1 saturated heterocycles. The van der Waals surface area contributed by atoms with E-state index < -0.39 is 0 Å². The monoisotopic (exact) mass is 371 g/mol. The summed E-state index contributed by atoms with van der Waals surface area (Å²) in [5, 5.41) is 7.89. The van der Waals surface area contributed by atoms with Gasteiger partial charge in [0, 0.05) is 38.6 Å². The van der Waals surface area contributed by atoms with Gasteiger partial charge in [-0.15, -0.1) is 0 Å². The minimum absolute atomic E-state index is 0.00642. The van der Waals surface area contributed by atoms with E-state index in [2.05, 4.69) is 29.5 Å². The number of aromatic nitrogens is 3. The topological polar surface area (TPSA) is 72.2 Å². The number of hydrogen-bond donors (Lipinski definition) is 1. The second kappa shape index (κ2) is 8.99. The molecule has 1 N–H and O–H groups in total. The molecule has 1 fully saturated rings. The zero-order chi connectivity index (χ0) is 19.2. The molecule has 2 heterocycles. The number of aryl methyl sites for hydroxylation is 1. The molecule has 1 amide bonds. The number of piperazine rings is 1. The number of carbonyl (C=O) groups excluding carboxylic acids is 1. The summed E-state index contributed by atoms with van der Waals surface area (Å²) in [7, 11) is 0. The van der Waals surface area contributed by atoms with Crippen molar-refractivity contribution in [3.8, 4) is 0 Å². The Bertz CT molecular complexity index is 812. The van der Waals surface area contributed by atoms with Crippen LogP contribution >= 0.6 is 0 Å². The number of benzene rings is 1. The molecule has 0 radical (unpaired) electrons. The first-order valence-electron chi connectivity index (χ1n) is 9.86. The van der Waals surface area contributed by atoms with E-state index in [0.717, 1.165) is 31.6 Å². The normalized spacial score (nSPS) is 17.3. The molecule has 0 saturated carbocycles. The van der Waals surface area contributed by atoms with Crippen molar-refractivity contribution in [2.45, 2.75) is 52.2 Å². The lowest BCUT2D eigenvalue weighted by Gasteiger charge is -2.34. The fourth-order valence-corrected chi connectivity index (χ4v) is 3.54. The lowest BCUT2D eigenvalue weighted by atomic mass is 10.0. The Hall–Kier alpha value is -2.41. The van der Waals surface area contributed by atoms with E-state index >= 15 is 0 Å². The molecule has 0 bridgehead atoms. The molecule has 27 heavy (non-hydrogen) atoms. The van der Waals surface area contributed by atoms with Crippen molar-refractivity contribution in [1.82, 2.24) is 24.6 Å². The van der Waals surface area contributed by atoms with Crippen LogP contribution in [-0.2, 0) is 24.3 Å². The van der Waals surface area contributed by atoms with Crippen LogP contribution in [0.5, 0.6) is 0 Å². The maximum absolute atomic E-state index is 12.8. The van der Waals surface area contributed by atoms with Crippen LogP contribution in [0.4, 0.5) is 0 Å². The summed E-state index contributed by atoms with van der Waals surface area (Å²) >= 11 is 0. The van der Waals surface area contributed by atoms with Crippen molar-refractivity contribution in [2.75, 3.05) is 19.6 Å². The first kappa shape index (κ1) is 19.4. The zero-order valence-electron chi connectivity index (χ0n) is 16.2. The Morgan fingerprint density at radius 3 is 2.74 bits per heavy atom. The van der Waals surface area contributed by atoms with Gasteiger partial charge >= 0.3 is 5.69 Å². The van der Waals surface area contributed by atoms with E-state index in [9.17, 15) is 9.59 Å². The van der Waals surface area contributed by atoms with E-state index in [-0.39, 0.29) is 24.2 Å². The molecule has 2 aromatic rings. The molecule has 146 valence electrons. The SMILES string of the molecule is CCCCc1nn(CC(=O)N2CCN[C@@H](c3ccccc3)C2)c(=O)n1CC. The maximum atomic E-state index is 12.8. The lowest BCUT2D eigenvalue weighted by Crippen LogP contribution is -2.49. The van der Waals surface area contributed by atoms with Crippen LogP contribution in [0, 0.1) is 0 Å². The Kier molecular flexibility index (Phi) is 6.45. The highest BCUT2D eigenvalue weighted by Gasteiger charge is 2.25. The van der Waals surface area contributed by atoms with Crippen LogP contribution < -0.4 is 11.0 Å². The number of nitrogens with one attached hydrogen (secondary N) is 1. The number of hydrogen-bond acceptors (Lipinski definition) is 4. The summed E-state index contributed by atoms with van der Waals surface area (Å²) in [6.07, 6.45) is 2.80. The molecule has 1 atom stereocenters. The third-order valence-electron chi connectivity index (χ3n) is 5.08. The Labute approximate surface area is 160 Å². The standard InChI is InChI=1S/C20H29N5O2/c1-3-5-11-18-22-25(20(27)24(18)4-2)15-19(26)23-13-12-21-17(14-23)16-9-7-6-8-10-16/h6-10,17,21H,3-5,11-15H2,1-2H3/t17-/m1/s1. The van der Waals surface area contributed by atoms with Crippen molar-refractivity contribution in [3.05, 3.63) is 52.2 Å². The van der Waals surface area contributed by atoms with Crippen molar-refractivity contribution in [1.29, 1.82) is 0 Å². The van der Waals surface area contributed by atoms with Crippen LogP contribution in [0.2, 0.25) is 0 Å². The average molecular weight is 371 g/mol. The zero-order valence-corrected chi connectivity index (χ0v) is 16.2. The van der Waals surface area contributed by atoms with Gasteiger partial charge in [0.1, 0.15) is 12.4 Å². The quantitative estimate of drug-likeness (QED) is 0.802. The molecular weight excluding hydrogens is 342 g/mol. The second-order valence-corrected chi connectivity index (χ2v) is 6.96. The van der Waals surface area contributed by atoms with Gasteiger partial charge in [-0.05, 0) is 18.9 Å². The number of unbranched alkanes of at least 4 members (excludes halogenated alkanes) is 1. The summed E-state index contributed by atoms with van der Waals surface area (Å²) in [5.74, 6) is 0.724. The highest BCUT2D eigenvalue weighted by molar-refractivity contribution is 5.76. The smallest absolute Gasteiger partial charge is 0.338 e. The highest BCUT2D eigenvalue weighted by Crippen LogP contribution is 2.17. The second-order valence-electron chi connectivity index (χ2n) is 6.96. The highest BCUT2D eigenvalue weighted by atomic mass is 16.2. The molecule has 1 aromatic carbocycles. The molecule has 1 aliphatic rings. The fourth-order valence-electron chi connectivity index (χ4n) is 3.54. The van der Waals surface area contributed by atoms with E-state index in [1.54, 1.807) is 4.57 Å². The molecule has 0 unspecified atom stereocenters. The summed E-state index contributed by atoms with van der Waals surface area (Å²) in [6.45, 7) is 6.63. The van der Waals surface area contributed by atoms with E-state index in [1.165, 1.54) is 10.2 Å². The fraction of sp³-hybridized carbons (Fsp3) is 0.550. The molecule has 0 spiro atoms. The van der Waals surface area contributed by atoms with Crippen molar-refractivity contribution in [2.24, 2.45) is 0 Å². The van der Waals surface area contributed by atoms with E-state index in [0.29, 0.717) is 19.6 Å². The van der Waals surface area contributed by atoms with Gasteiger partial charge < -0.3 is 10.2 Å². The van der Waals surface area contributed by atoms with Gasteiger partial charge in [-0.2, -0.15) is 5.10 Å². The third kappa shape index (κ3) is 4.47. The van der Waals surface area contributed by atoms with Gasteiger partial charge in [-0.25, -0.2) is 9.48 Å². The Morgan fingerprint density at radius 2 is 2.04 bits per heavy atom. The minimum Gasteiger partial charge on any atom is -0.338 e. The molecular formula is C20H29N5O2. The molecule has 3 rings (SSSR count). The first-order chi connectivity index (χ1) is 13.1. The molecule has 1 aromatic heterocycles. The van der Waals surface area contributed by atoms with E-state index in [4.69, 9.17) is 0 Å². The number of nitrogens with zero attached hydrogens (tertiary/aromatic N) is 4. The van der Waals surface area contributed by atoms with Crippen LogP contribution in [0.1, 0.15) is 44.1 Å². The summed E-state index contributed by atoms with van der Waals surface area (Å²) in [4.78, 5) is 27.2. The predicted molar refractivity (Wildman–Crippen MR) is 105 cm³/mol. The van der Waals surface area contributed by atoms with Gasteiger partial charge in [0.15, 0.2) is 0 Å². The Morgan fingerprint density at radius 1 is 1.26 bits per heavy atom. The van der Waals surface area contributed by atoms with Gasteiger partial charge in [-0.3, -0.25) is 9.36 Å². The molecule has 0 aliphatic carbocycles. The van der Waals surface area contributed by atoms with Gasteiger partial charge in [0.2, 0.25) is 5.91 Å². The van der Waals surface area contributed by atoms with Gasteiger partial charge in [0.25, 0.3) is 0 Å². The number of carbonyl (C=O) groups is 1. The summed E-state index contributed by atoms with van der Waals surface area (Å²) < 4.78 is 3.00. The maximum Gasteiger partial charge on any atom is 0.346 e. The predicted octanol–water partition coefficient (Wildman–Crippen LogP) is 1.58. The van der Waals surface area contributed by atoms with Crippen molar-refractivity contribution in [3.63, 3.8) is 0 Å².